The lowest BCUT2D eigenvalue weighted by molar-refractivity contribution is 0.976. The van der Waals surface area contributed by atoms with Crippen LogP contribution in [0.15, 0.2) is 170 Å². The predicted octanol–water partition coefficient (Wildman–Crippen LogP) is 10.5. The maximum atomic E-state index is 5.19. The van der Waals surface area contributed by atoms with Crippen molar-refractivity contribution in [3.63, 3.8) is 0 Å². The maximum absolute atomic E-state index is 5.19. The molecule has 0 aliphatic carbocycles. The Morgan fingerprint density at radius 2 is 1.07 bits per heavy atom. The summed E-state index contributed by atoms with van der Waals surface area (Å²) < 4.78 is 0. The molecular formula is C43H31N3. The highest BCUT2D eigenvalue weighted by molar-refractivity contribution is 5.98. The van der Waals surface area contributed by atoms with Crippen LogP contribution in [-0.4, -0.2) is 16.5 Å². The Hall–Kier alpha value is -6.06. The van der Waals surface area contributed by atoms with Crippen LogP contribution < -0.4 is 5.32 Å². The average Bonchev–Trinajstić information content (AvgIpc) is 3.15. The van der Waals surface area contributed by atoms with E-state index in [1.807, 2.05) is 30.5 Å². The minimum absolute atomic E-state index is 0.707. The Bertz CT molecular complexity index is 2230. The molecule has 2 heterocycles. The van der Waals surface area contributed by atoms with Gasteiger partial charge < -0.3 is 5.32 Å². The molecule has 1 aliphatic heterocycles. The number of hydrogen-bond acceptors (Lipinski definition) is 3. The molecule has 0 radical (unpaired) electrons. The Kier molecular flexibility index (Phi) is 7.26. The number of dihydropyridines is 1. The molecule has 0 unspecified atom stereocenters. The van der Waals surface area contributed by atoms with Crippen molar-refractivity contribution >= 4 is 16.3 Å². The van der Waals surface area contributed by atoms with Crippen LogP contribution in [0.1, 0.15) is 5.56 Å². The fourth-order valence-corrected chi connectivity index (χ4v) is 6.17. The van der Waals surface area contributed by atoms with Crippen LogP contribution in [0.25, 0.3) is 72.5 Å². The topological polar surface area (TPSA) is 37.8 Å². The molecule has 1 aromatic heterocycles. The molecule has 0 saturated heterocycles. The third kappa shape index (κ3) is 5.51. The highest BCUT2D eigenvalue weighted by Gasteiger charge is 2.15. The van der Waals surface area contributed by atoms with E-state index in [1.165, 1.54) is 33.0 Å². The van der Waals surface area contributed by atoms with Crippen molar-refractivity contribution < 1.29 is 0 Å². The summed E-state index contributed by atoms with van der Waals surface area (Å²) in [6, 6.07) is 53.4. The standard InChI is InChI=1S/C43H31N3/c1-3-10-30(11-4-1)31-18-20-34(21-19-31)41-29-42(46-43(45-41)35-13-5-2-6-14-35)38-27-36(32-22-24-44-25-23-32)26-37(28-38)40-17-9-15-33-12-7-8-16-39(33)40/h1-24,26-29,44H,25H2. The van der Waals surface area contributed by atoms with E-state index >= 15 is 0 Å². The van der Waals surface area contributed by atoms with Crippen molar-refractivity contribution in [2.45, 2.75) is 0 Å². The summed E-state index contributed by atoms with van der Waals surface area (Å²) >= 11 is 0. The fourth-order valence-electron chi connectivity index (χ4n) is 6.17. The molecule has 46 heavy (non-hydrogen) atoms. The average molecular weight is 590 g/mol. The summed E-state index contributed by atoms with van der Waals surface area (Å²) in [5.74, 6) is 0.707. The van der Waals surface area contributed by atoms with Gasteiger partial charge in [-0.3, -0.25) is 0 Å². The van der Waals surface area contributed by atoms with Crippen molar-refractivity contribution in [1.29, 1.82) is 0 Å². The van der Waals surface area contributed by atoms with Gasteiger partial charge in [0.1, 0.15) is 0 Å². The fraction of sp³-hybridized carbons (Fsp3) is 0.0233. The van der Waals surface area contributed by atoms with E-state index in [0.29, 0.717) is 5.82 Å². The van der Waals surface area contributed by atoms with Gasteiger partial charge in [0.25, 0.3) is 0 Å². The van der Waals surface area contributed by atoms with Crippen LogP contribution >= 0.6 is 0 Å². The molecule has 3 nitrogen and oxygen atoms in total. The van der Waals surface area contributed by atoms with Crippen molar-refractivity contribution in [3.8, 4) is 56.2 Å². The maximum Gasteiger partial charge on any atom is 0.160 e. The third-order valence-corrected chi connectivity index (χ3v) is 8.53. The van der Waals surface area contributed by atoms with E-state index < -0.39 is 0 Å². The summed E-state index contributed by atoms with van der Waals surface area (Å²) in [6.45, 7) is 0.800. The molecule has 1 aliphatic rings. The normalized spacial score (nSPS) is 12.5. The zero-order chi connectivity index (χ0) is 30.7. The quantitative estimate of drug-likeness (QED) is 0.210. The first-order chi connectivity index (χ1) is 22.8. The molecule has 0 atom stereocenters. The number of nitrogens with one attached hydrogen (secondary N) is 1. The highest BCUT2D eigenvalue weighted by atomic mass is 14.9. The minimum Gasteiger partial charge on any atom is -0.387 e. The first-order valence-electron chi connectivity index (χ1n) is 15.6. The molecule has 218 valence electrons. The summed E-state index contributed by atoms with van der Waals surface area (Å²) in [4.78, 5) is 10.3. The lowest BCUT2D eigenvalue weighted by Crippen LogP contribution is -2.08. The van der Waals surface area contributed by atoms with Crippen molar-refractivity contribution in [2.24, 2.45) is 0 Å². The van der Waals surface area contributed by atoms with Gasteiger partial charge in [-0.05, 0) is 80.7 Å². The Morgan fingerprint density at radius 3 is 1.83 bits per heavy atom. The van der Waals surface area contributed by atoms with Crippen LogP contribution in [0.2, 0.25) is 0 Å². The molecule has 1 N–H and O–H groups in total. The largest absolute Gasteiger partial charge is 0.387 e. The highest BCUT2D eigenvalue weighted by Crippen LogP contribution is 2.36. The molecule has 3 heteroatoms. The van der Waals surface area contributed by atoms with Gasteiger partial charge >= 0.3 is 0 Å². The molecule has 0 saturated carbocycles. The van der Waals surface area contributed by atoms with Crippen LogP contribution in [0.4, 0.5) is 0 Å². The summed E-state index contributed by atoms with van der Waals surface area (Å²) in [6.07, 6.45) is 6.40. The van der Waals surface area contributed by atoms with Gasteiger partial charge in [-0.2, -0.15) is 0 Å². The number of hydrogen-bond donors (Lipinski definition) is 1. The number of allylic oxidation sites excluding steroid dienone is 2. The first-order valence-corrected chi connectivity index (χ1v) is 15.6. The van der Waals surface area contributed by atoms with Crippen LogP contribution in [-0.2, 0) is 0 Å². The second-order valence-electron chi connectivity index (χ2n) is 11.5. The molecule has 0 amide bonds. The lowest BCUT2D eigenvalue weighted by Gasteiger charge is -2.16. The second kappa shape index (κ2) is 12.1. The van der Waals surface area contributed by atoms with Gasteiger partial charge in [0.05, 0.1) is 11.4 Å². The Balaban J connectivity index is 1.31. The van der Waals surface area contributed by atoms with E-state index in [2.05, 4.69) is 145 Å². The van der Waals surface area contributed by atoms with Gasteiger partial charge in [-0.1, -0.05) is 133 Å². The van der Waals surface area contributed by atoms with Crippen molar-refractivity contribution in [2.75, 3.05) is 6.54 Å². The Morgan fingerprint density at radius 1 is 0.457 bits per heavy atom. The van der Waals surface area contributed by atoms with E-state index in [0.717, 1.165) is 45.7 Å². The van der Waals surface area contributed by atoms with Crippen LogP contribution in [0.3, 0.4) is 0 Å². The molecule has 8 rings (SSSR count). The first kappa shape index (κ1) is 27.5. The van der Waals surface area contributed by atoms with Crippen LogP contribution in [0, 0.1) is 0 Å². The van der Waals surface area contributed by atoms with Crippen molar-refractivity contribution in [3.05, 3.63) is 176 Å². The van der Waals surface area contributed by atoms with Crippen LogP contribution in [0.5, 0.6) is 0 Å². The summed E-state index contributed by atoms with van der Waals surface area (Å²) in [5.41, 5.74) is 12.0. The van der Waals surface area contributed by atoms with Gasteiger partial charge in [0.15, 0.2) is 5.82 Å². The number of nitrogens with zero attached hydrogens (tertiary/aromatic N) is 2. The van der Waals surface area contributed by atoms with Crippen molar-refractivity contribution in [1.82, 2.24) is 15.3 Å². The van der Waals surface area contributed by atoms with E-state index in [-0.39, 0.29) is 0 Å². The minimum atomic E-state index is 0.707. The Labute approximate surface area is 269 Å². The molecule has 6 aromatic carbocycles. The van der Waals surface area contributed by atoms with E-state index in [9.17, 15) is 0 Å². The third-order valence-electron chi connectivity index (χ3n) is 8.53. The van der Waals surface area contributed by atoms with Gasteiger partial charge in [0.2, 0.25) is 0 Å². The molecule has 0 fully saturated rings. The monoisotopic (exact) mass is 589 g/mol. The summed E-state index contributed by atoms with van der Waals surface area (Å²) in [5, 5.41) is 5.75. The number of benzene rings is 6. The molecule has 0 spiro atoms. The smallest absolute Gasteiger partial charge is 0.160 e. The second-order valence-corrected chi connectivity index (χ2v) is 11.5. The SMILES string of the molecule is C1=CC(c2cc(-c3cc(-c4ccc(-c5ccccc5)cc4)nc(-c4ccccc4)n3)cc(-c3cccc4ccccc34)c2)=CCN1. The molecule has 0 bridgehead atoms. The molecule has 7 aromatic rings. The van der Waals surface area contributed by atoms with Gasteiger partial charge in [-0.25, -0.2) is 9.97 Å². The predicted molar refractivity (Wildman–Crippen MR) is 192 cm³/mol. The zero-order valence-corrected chi connectivity index (χ0v) is 25.3. The number of aromatic nitrogens is 2. The number of rotatable bonds is 6. The van der Waals surface area contributed by atoms with Gasteiger partial charge in [0, 0.05) is 23.2 Å². The summed E-state index contributed by atoms with van der Waals surface area (Å²) in [7, 11) is 0. The zero-order valence-electron chi connectivity index (χ0n) is 25.3. The van der Waals surface area contributed by atoms with E-state index in [4.69, 9.17) is 9.97 Å². The molecular weight excluding hydrogens is 558 g/mol. The van der Waals surface area contributed by atoms with E-state index in [1.54, 1.807) is 0 Å². The lowest BCUT2D eigenvalue weighted by atomic mass is 9.91. The van der Waals surface area contributed by atoms with Gasteiger partial charge in [-0.15, -0.1) is 0 Å². The number of fused-ring (bicyclic) bond motifs is 1.